The van der Waals surface area contributed by atoms with Crippen LogP contribution in [0.15, 0.2) is 54.7 Å². The Morgan fingerprint density at radius 3 is 2.48 bits per heavy atom. The van der Waals surface area contributed by atoms with Gasteiger partial charge in [0.25, 0.3) is 0 Å². The quantitative estimate of drug-likeness (QED) is 0.696. The molecule has 2 aromatic carbocycles. The van der Waals surface area contributed by atoms with Crippen LogP contribution in [0.4, 0.5) is 4.39 Å². The summed E-state index contributed by atoms with van der Waals surface area (Å²) in [5.74, 6) is -0.711. The summed E-state index contributed by atoms with van der Waals surface area (Å²) in [6, 6.07) is 13.5. The van der Waals surface area contributed by atoms with Crippen molar-refractivity contribution in [1.82, 2.24) is 15.0 Å². The molecule has 0 amide bonds. The molecule has 0 atom stereocenters. The summed E-state index contributed by atoms with van der Waals surface area (Å²) < 4.78 is 15.3. The molecule has 0 radical (unpaired) electrons. The molecular formula is C14H11BFN3O2. The van der Waals surface area contributed by atoms with E-state index in [2.05, 4.69) is 10.3 Å². The molecule has 5 nitrogen and oxygen atoms in total. The van der Waals surface area contributed by atoms with Crippen molar-refractivity contribution in [3.05, 3.63) is 60.5 Å². The molecule has 0 unspecified atom stereocenters. The molecule has 104 valence electrons. The Bertz CT molecular complexity index is 762. The highest BCUT2D eigenvalue weighted by molar-refractivity contribution is 6.58. The fourth-order valence-electron chi connectivity index (χ4n) is 2.09. The first kappa shape index (κ1) is 13.5. The van der Waals surface area contributed by atoms with Crippen molar-refractivity contribution in [3.8, 4) is 16.9 Å². The van der Waals surface area contributed by atoms with Crippen molar-refractivity contribution >= 4 is 12.6 Å². The van der Waals surface area contributed by atoms with Crippen LogP contribution >= 0.6 is 0 Å². The van der Waals surface area contributed by atoms with Crippen LogP contribution in [0.1, 0.15) is 0 Å². The molecule has 3 aromatic rings. The van der Waals surface area contributed by atoms with E-state index < -0.39 is 12.9 Å². The molecule has 1 heterocycles. The smallest absolute Gasteiger partial charge is 0.423 e. The average molecular weight is 283 g/mol. The van der Waals surface area contributed by atoms with Gasteiger partial charge in [0.2, 0.25) is 0 Å². The minimum atomic E-state index is -1.84. The van der Waals surface area contributed by atoms with E-state index in [0.29, 0.717) is 11.4 Å². The molecule has 0 aliphatic carbocycles. The highest BCUT2D eigenvalue weighted by atomic mass is 19.1. The second-order valence-corrected chi connectivity index (χ2v) is 4.48. The molecule has 0 saturated carbocycles. The third kappa shape index (κ3) is 2.56. The lowest BCUT2D eigenvalue weighted by Gasteiger charge is -2.08. The molecule has 3 rings (SSSR count). The van der Waals surface area contributed by atoms with Crippen LogP contribution in [0.5, 0.6) is 0 Å². The topological polar surface area (TPSA) is 71.2 Å². The first-order valence-corrected chi connectivity index (χ1v) is 6.29. The van der Waals surface area contributed by atoms with E-state index in [0.717, 1.165) is 5.56 Å². The van der Waals surface area contributed by atoms with E-state index in [-0.39, 0.29) is 5.46 Å². The van der Waals surface area contributed by atoms with E-state index in [1.165, 1.54) is 16.8 Å². The molecule has 21 heavy (non-hydrogen) atoms. The summed E-state index contributed by atoms with van der Waals surface area (Å²) in [4.78, 5) is 0. The van der Waals surface area contributed by atoms with Crippen LogP contribution < -0.4 is 5.46 Å². The van der Waals surface area contributed by atoms with Gasteiger partial charge in [-0.3, -0.25) is 0 Å². The zero-order chi connectivity index (χ0) is 14.8. The van der Waals surface area contributed by atoms with Gasteiger partial charge in [0.15, 0.2) is 0 Å². The van der Waals surface area contributed by atoms with Gasteiger partial charge in [0, 0.05) is 11.0 Å². The molecule has 0 aliphatic heterocycles. The predicted molar refractivity (Wildman–Crippen MR) is 76.6 cm³/mol. The lowest BCUT2D eigenvalue weighted by atomic mass is 9.80. The highest BCUT2D eigenvalue weighted by Gasteiger charge is 2.18. The summed E-state index contributed by atoms with van der Waals surface area (Å²) in [5.41, 5.74) is 1.88. The number of aromatic nitrogens is 3. The summed E-state index contributed by atoms with van der Waals surface area (Å²) >= 11 is 0. The van der Waals surface area contributed by atoms with Gasteiger partial charge in [-0.1, -0.05) is 41.6 Å². The normalized spacial score (nSPS) is 10.6. The Labute approximate surface area is 120 Å². The Balaban J connectivity index is 2.07. The van der Waals surface area contributed by atoms with E-state index in [9.17, 15) is 4.39 Å². The number of nitrogens with zero attached hydrogens (tertiary/aromatic N) is 3. The third-order valence-corrected chi connectivity index (χ3v) is 3.13. The minimum Gasteiger partial charge on any atom is -0.423 e. The largest absolute Gasteiger partial charge is 0.491 e. The molecule has 2 N–H and O–H groups in total. The summed E-state index contributed by atoms with van der Waals surface area (Å²) in [6.45, 7) is 0. The number of benzene rings is 2. The lowest BCUT2D eigenvalue weighted by Crippen LogP contribution is -2.32. The molecule has 0 fully saturated rings. The number of rotatable bonds is 3. The molecule has 7 heteroatoms. The molecule has 1 aromatic heterocycles. The fourth-order valence-corrected chi connectivity index (χ4v) is 2.09. The van der Waals surface area contributed by atoms with Crippen LogP contribution in [-0.4, -0.2) is 32.2 Å². The average Bonchev–Trinajstić information content (AvgIpc) is 2.97. The van der Waals surface area contributed by atoms with Crippen LogP contribution in [0.3, 0.4) is 0 Å². The number of hydrogen-bond donors (Lipinski definition) is 2. The van der Waals surface area contributed by atoms with Crippen molar-refractivity contribution in [3.63, 3.8) is 0 Å². The Morgan fingerprint density at radius 2 is 1.81 bits per heavy atom. The summed E-state index contributed by atoms with van der Waals surface area (Å²) in [7, 11) is -1.84. The fraction of sp³-hybridized carbons (Fsp3) is 0. The van der Waals surface area contributed by atoms with Crippen molar-refractivity contribution in [1.29, 1.82) is 0 Å². The summed E-state index contributed by atoms with van der Waals surface area (Å²) in [5, 5.41) is 25.9. The Hall–Kier alpha value is -2.51. The zero-order valence-corrected chi connectivity index (χ0v) is 10.9. The Kier molecular flexibility index (Phi) is 3.51. The molecule has 0 spiro atoms. The van der Waals surface area contributed by atoms with Gasteiger partial charge in [-0.2, -0.15) is 0 Å². The molecule has 0 bridgehead atoms. The van der Waals surface area contributed by atoms with Gasteiger partial charge >= 0.3 is 7.12 Å². The van der Waals surface area contributed by atoms with E-state index >= 15 is 0 Å². The predicted octanol–water partition coefficient (Wildman–Crippen LogP) is 0.753. The maximum Gasteiger partial charge on any atom is 0.491 e. The highest BCUT2D eigenvalue weighted by Crippen LogP contribution is 2.21. The third-order valence-electron chi connectivity index (χ3n) is 3.13. The van der Waals surface area contributed by atoms with E-state index in [1.54, 1.807) is 12.3 Å². The van der Waals surface area contributed by atoms with Crippen molar-refractivity contribution < 1.29 is 14.4 Å². The maximum absolute atomic E-state index is 13.8. The van der Waals surface area contributed by atoms with Gasteiger partial charge in [0.05, 0.1) is 17.6 Å². The van der Waals surface area contributed by atoms with E-state index in [4.69, 9.17) is 10.0 Å². The number of hydrogen-bond acceptors (Lipinski definition) is 4. The van der Waals surface area contributed by atoms with Gasteiger partial charge in [-0.15, -0.1) is 5.10 Å². The van der Waals surface area contributed by atoms with Gasteiger partial charge < -0.3 is 10.0 Å². The standard InChI is InChI=1S/C14H11BFN3O2/c16-13-8-11(6-7-12(13)15(20)21)19-14(9-17-18-19)10-4-2-1-3-5-10/h1-9,20-21H. The molecule has 0 saturated heterocycles. The van der Waals surface area contributed by atoms with Gasteiger partial charge in [-0.05, 0) is 12.1 Å². The van der Waals surface area contributed by atoms with Crippen LogP contribution in [-0.2, 0) is 0 Å². The van der Waals surface area contributed by atoms with E-state index in [1.807, 2.05) is 30.3 Å². The van der Waals surface area contributed by atoms with Crippen molar-refractivity contribution in [2.24, 2.45) is 0 Å². The van der Waals surface area contributed by atoms with Crippen molar-refractivity contribution in [2.75, 3.05) is 0 Å². The van der Waals surface area contributed by atoms with Crippen LogP contribution in [0.2, 0.25) is 0 Å². The van der Waals surface area contributed by atoms with Gasteiger partial charge in [0.1, 0.15) is 5.82 Å². The molecular weight excluding hydrogens is 272 g/mol. The lowest BCUT2D eigenvalue weighted by molar-refractivity contribution is 0.423. The monoisotopic (exact) mass is 283 g/mol. The molecule has 0 aliphatic rings. The van der Waals surface area contributed by atoms with Crippen LogP contribution in [0.25, 0.3) is 16.9 Å². The maximum atomic E-state index is 13.8. The first-order chi connectivity index (χ1) is 10.2. The first-order valence-electron chi connectivity index (χ1n) is 6.29. The minimum absolute atomic E-state index is 0.180. The van der Waals surface area contributed by atoms with Crippen molar-refractivity contribution in [2.45, 2.75) is 0 Å². The number of halogens is 1. The van der Waals surface area contributed by atoms with Crippen LogP contribution in [0, 0.1) is 5.82 Å². The second kappa shape index (κ2) is 5.47. The van der Waals surface area contributed by atoms with Gasteiger partial charge in [-0.25, -0.2) is 9.07 Å². The SMILES string of the molecule is OB(O)c1ccc(-n2nncc2-c2ccccc2)cc1F. The summed E-state index contributed by atoms with van der Waals surface area (Å²) in [6.07, 6.45) is 1.59. The zero-order valence-electron chi connectivity index (χ0n) is 10.9. The second-order valence-electron chi connectivity index (χ2n) is 4.48. The Morgan fingerprint density at radius 1 is 1.05 bits per heavy atom.